The van der Waals surface area contributed by atoms with Crippen LogP contribution in [0.5, 0.6) is 63.2 Å². The van der Waals surface area contributed by atoms with Crippen LogP contribution in [0.4, 0.5) is 0 Å². The first kappa shape index (κ1) is 149. The van der Waals surface area contributed by atoms with E-state index in [9.17, 15) is 0 Å². The normalized spacial score (nSPS) is 13.2. The van der Waals surface area contributed by atoms with Gasteiger partial charge in [-0.1, -0.05) is 487 Å². The monoisotopic (exact) mass is 2160 g/mol. The van der Waals surface area contributed by atoms with E-state index < -0.39 is 0 Å². The largest absolute Gasteiger partial charge is 0.493 e. The lowest BCUT2D eigenvalue weighted by molar-refractivity contribution is 0.103. The highest BCUT2D eigenvalue weighted by atomic mass is 33.1. The van der Waals surface area contributed by atoms with E-state index >= 15 is 0 Å². The molecule has 876 valence electrons. The lowest BCUT2D eigenvalue weighted by Crippen LogP contribution is -2.42. The third-order valence-electron chi connectivity index (χ3n) is 18.9. The highest BCUT2D eigenvalue weighted by Crippen LogP contribution is 2.45. The summed E-state index contributed by atoms with van der Waals surface area (Å²) in [7, 11) is 6.21. The van der Waals surface area contributed by atoms with Gasteiger partial charge in [0.2, 0.25) is 0 Å². The molecule has 0 aliphatic heterocycles. The molecule has 0 amide bonds. The molecule has 5 aromatic carbocycles. The molecule has 0 heterocycles. The first-order valence-electron chi connectivity index (χ1n) is 56.2. The highest BCUT2D eigenvalue weighted by molar-refractivity contribution is 8.76. The Hall–Kier alpha value is -5.13. The number of nitrogens with zero attached hydrogens (tertiary/aromatic N) is 2. The summed E-state index contributed by atoms with van der Waals surface area (Å²) in [4.78, 5) is 5.04. The second-order valence-electron chi connectivity index (χ2n) is 67.2. The Labute approximate surface area is 944 Å². The topological polar surface area (TPSA) is 108 Å². The minimum absolute atomic E-state index is 0.0368. The summed E-state index contributed by atoms with van der Waals surface area (Å²) < 4.78 is 66.1. The number of para-hydroxylation sites is 2. The minimum atomic E-state index is -0.0783. The van der Waals surface area contributed by atoms with Gasteiger partial charge in [0.25, 0.3) is 0 Å². The van der Waals surface area contributed by atoms with E-state index in [1.54, 1.807) is 0 Å². The molecule has 0 bridgehead atoms. The third-order valence-corrected chi connectivity index (χ3v) is 24.4. The smallest absolute Gasteiger partial charge is 0.165 e. The summed E-state index contributed by atoms with van der Waals surface area (Å²) in [6.45, 7) is 151. The zero-order valence-corrected chi connectivity index (χ0v) is 113. The molecule has 0 fully saturated rings. The molecule has 0 N–H and O–H groups in total. The standard InChI is InChI=1S/C26H46O4.C25H36O2.C21H36O3.C16H26O2.C15H33N.C11H25N.C10H22S2.C10H22S/c1-23(2,3)15-27-19-13-21(29-17-25(7,8)9)22(30-18-26(10,11)12)14-20(19)28-16-24(4,5)6;1-23(2,3)17-26-21-13-9-19(10-14-21)25(7,8)20-11-15-22(16-12-20)27-18-24(4,5)6;1-19(2,3)13-22-16-10-17(23-14-20(4,5)6)12-18(11-16)24-15-21(7,8)9;1-15(2,3)11-17-13-9-7-8-10-14(13)18-12-16(4,5)6;1-13(2,3)10-16(11-14(4,5)6)12-15(7,8)9;1-10(2,3)8-12(7)9-11(4,5)6;1-9(2,3)7-11-12-8-10(4,5)6;1-9(2,3)7-11-8-10(4,5)6/h13-14H,15-18H2,1-12H3;9-16H,17-18H2,1-8H3;10-12H,13-15H2,1-9H3;7-10H,11-12H2,1-6H3;10-12H2,1-9H3;8-9H2,1-7H3;7-8H2,1-6H3;7-8H2,1-6H3. The first-order valence-corrected chi connectivity index (χ1v) is 59.8. The summed E-state index contributed by atoms with van der Waals surface area (Å²) in [5, 5.41) is 0. The Morgan fingerprint density at radius 2 is 0.347 bits per heavy atom. The van der Waals surface area contributed by atoms with Gasteiger partial charge in [-0.25, -0.2) is 0 Å². The van der Waals surface area contributed by atoms with Crippen LogP contribution in [0.1, 0.15) is 440 Å². The van der Waals surface area contributed by atoms with Gasteiger partial charge in [-0.2, -0.15) is 11.8 Å². The van der Waals surface area contributed by atoms with E-state index in [1.807, 2.05) is 76.2 Å². The fourth-order valence-corrected chi connectivity index (χ4v) is 17.6. The maximum absolute atomic E-state index is 6.18. The van der Waals surface area contributed by atoms with Crippen LogP contribution in [0.3, 0.4) is 0 Å². The average molecular weight is 2160 g/mol. The van der Waals surface area contributed by atoms with Crippen molar-refractivity contribution in [3.05, 3.63) is 114 Å². The molecule has 5 aromatic rings. The molecule has 0 saturated heterocycles. The molecule has 0 unspecified atom stereocenters. The fourth-order valence-electron chi connectivity index (χ4n) is 12.8. The Bertz CT molecular complexity index is 4020. The number of ether oxygens (including phenoxy) is 11. The summed E-state index contributed by atoms with van der Waals surface area (Å²) in [6, 6.07) is 34.5. The number of hydrogen-bond donors (Lipinski definition) is 0. The van der Waals surface area contributed by atoms with E-state index in [0.717, 1.165) is 40.2 Å². The van der Waals surface area contributed by atoms with E-state index in [-0.39, 0.29) is 65.0 Å². The van der Waals surface area contributed by atoms with Gasteiger partial charge in [-0.05, 0) is 174 Å². The molecule has 0 aliphatic rings. The van der Waals surface area contributed by atoms with Crippen LogP contribution in [0, 0.1) is 108 Å². The molecule has 16 heteroatoms. The molecular formula is C134H246N2O11S3. The molecule has 13 nitrogen and oxygen atoms in total. The summed E-state index contributed by atoms with van der Waals surface area (Å²) in [5.74, 6) is 13.7. The van der Waals surface area contributed by atoms with Gasteiger partial charge in [0.15, 0.2) is 34.5 Å². The summed E-state index contributed by atoms with van der Waals surface area (Å²) in [5.41, 5.74) is 7.44. The number of hydrogen-bond acceptors (Lipinski definition) is 16. The van der Waals surface area contributed by atoms with Crippen molar-refractivity contribution in [2.75, 3.05) is 135 Å². The van der Waals surface area contributed by atoms with Crippen LogP contribution >= 0.6 is 33.3 Å². The van der Waals surface area contributed by atoms with Crippen LogP contribution in [0.2, 0.25) is 0 Å². The number of thioether (sulfide) groups is 1. The maximum atomic E-state index is 6.18. The zero-order chi connectivity index (χ0) is 118. The van der Waals surface area contributed by atoms with E-state index in [4.69, 9.17) is 52.1 Å². The summed E-state index contributed by atoms with van der Waals surface area (Å²) >= 11 is 2.07. The molecule has 0 saturated carbocycles. The molecule has 0 aliphatic carbocycles. The third kappa shape index (κ3) is 95.1. The molecule has 0 spiro atoms. The Kier molecular flexibility index (Phi) is 62.0. The quantitative estimate of drug-likeness (QED) is 0.0288. The van der Waals surface area contributed by atoms with Gasteiger partial charge in [0.1, 0.15) is 28.7 Å². The second kappa shape index (κ2) is 62.4. The second-order valence-corrected chi connectivity index (χ2v) is 70.7. The van der Waals surface area contributed by atoms with Crippen molar-refractivity contribution in [2.24, 2.45) is 108 Å². The predicted octanol–water partition coefficient (Wildman–Crippen LogP) is 40.5. The van der Waals surface area contributed by atoms with Crippen LogP contribution < -0.4 is 52.1 Å². The van der Waals surface area contributed by atoms with E-state index in [2.05, 4.69) is 506 Å². The number of rotatable bonds is 34. The average Bonchev–Trinajstić information content (AvgIpc) is 0.798. The van der Waals surface area contributed by atoms with Crippen molar-refractivity contribution < 1.29 is 52.1 Å². The highest BCUT2D eigenvalue weighted by Gasteiger charge is 2.31. The minimum Gasteiger partial charge on any atom is -0.493 e. The lowest BCUT2D eigenvalue weighted by atomic mass is 9.78. The van der Waals surface area contributed by atoms with Crippen molar-refractivity contribution in [3.8, 4) is 63.2 Å². The van der Waals surface area contributed by atoms with Gasteiger partial charge in [0, 0.05) is 80.0 Å². The lowest BCUT2D eigenvalue weighted by Gasteiger charge is -2.38. The molecule has 150 heavy (non-hydrogen) atoms. The SMILES string of the molecule is CC(C)(C)CN(CC(C)(C)C)CC(C)(C)C.CC(C)(C)COc1cc(OCC(C)(C)C)c(OCC(C)(C)C)cc1OCC(C)(C)C.CC(C)(C)COc1cc(OCC(C)(C)C)cc(OCC(C)(C)C)c1.CC(C)(C)COc1ccc(C(C)(C)c2ccc(OCC(C)(C)C)cc2)cc1.CC(C)(C)COc1ccccc1OCC(C)(C)C.CC(C)(C)CSCC(C)(C)C.CC(C)(C)CSSCC(C)(C)C.CN(CC(C)(C)C)CC(C)(C)C. The van der Waals surface area contributed by atoms with Crippen molar-refractivity contribution in [3.63, 3.8) is 0 Å². The molecule has 5 rings (SSSR count). The van der Waals surface area contributed by atoms with Gasteiger partial charge in [-0.15, -0.1) is 0 Å². The van der Waals surface area contributed by atoms with Gasteiger partial charge in [-0.3, -0.25) is 0 Å². The van der Waals surface area contributed by atoms with Gasteiger partial charge < -0.3 is 61.9 Å². The van der Waals surface area contributed by atoms with Crippen LogP contribution in [0.25, 0.3) is 0 Å². The Morgan fingerprint density at radius 3 is 0.520 bits per heavy atom. The molecule has 0 radical (unpaired) electrons. The maximum Gasteiger partial charge on any atom is 0.165 e. The fraction of sp³-hybridized carbons (Fsp3) is 0.776. The van der Waals surface area contributed by atoms with E-state index in [1.165, 1.54) is 66.9 Å². The summed E-state index contributed by atoms with van der Waals surface area (Å²) in [6.07, 6.45) is 0. The van der Waals surface area contributed by atoms with Crippen molar-refractivity contribution in [2.45, 2.75) is 435 Å². The zero-order valence-electron chi connectivity index (χ0n) is 111. The molecule has 0 atom stereocenters. The molecule has 0 aromatic heterocycles. The Balaban J connectivity index is -0.00000169. The van der Waals surface area contributed by atoms with E-state index in [0.29, 0.717) is 144 Å². The van der Waals surface area contributed by atoms with Crippen LogP contribution in [-0.2, 0) is 5.41 Å². The van der Waals surface area contributed by atoms with Crippen LogP contribution in [-0.4, -0.2) is 145 Å². The predicted molar refractivity (Wildman–Crippen MR) is 670 cm³/mol. The van der Waals surface area contributed by atoms with Crippen molar-refractivity contribution in [1.82, 2.24) is 9.80 Å². The van der Waals surface area contributed by atoms with Crippen molar-refractivity contribution in [1.29, 1.82) is 0 Å². The van der Waals surface area contributed by atoms with Crippen LogP contribution in [0.15, 0.2) is 103 Å². The van der Waals surface area contributed by atoms with Gasteiger partial charge in [0.05, 0.1) is 72.7 Å². The molecular weight excluding hydrogens is 1910 g/mol. The van der Waals surface area contributed by atoms with Gasteiger partial charge >= 0.3 is 0 Å². The Morgan fingerprint density at radius 1 is 0.173 bits per heavy atom. The van der Waals surface area contributed by atoms with Crippen molar-refractivity contribution >= 4 is 33.3 Å². The first-order chi connectivity index (χ1) is 66.4. The number of benzene rings is 5.